The Hall–Kier alpha value is -2.76. The van der Waals surface area contributed by atoms with E-state index >= 15 is 0 Å². The number of esters is 1. The van der Waals surface area contributed by atoms with Gasteiger partial charge in [0, 0.05) is 30.2 Å². The summed E-state index contributed by atoms with van der Waals surface area (Å²) in [5.41, 5.74) is 3.17. The summed E-state index contributed by atoms with van der Waals surface area (Å²) in [6, 6.07) is 7.79. The molecule has 0 saturated heterocycles. The van der Waals surface area contributed by atoms with E-state index in [0.29, 0.717) is 25.1 Å². The summed E-state index contributed by atoms with van der Waals surface area (Å²) in [6.07, 6.45) is 5.43. The van der Waals surface area contributed by atoms with Crippen LogP contribution in [0, 0.1) is 0 Å². The molecular weight excluding hydrogens is 342 g/mol. The summed E-state index contributed by atoms with van der Waals surface area (Å²) in [5, 5.41) is 4.02. The molecule has 1 aliphatic heterocycles. The van der Waals surface area contributed by atoms with Crippen molar-refractivity contribution in [1.29, 1.82) is 0 Å². The van der Waals surface area contributed by atoms with Gasteiger partial charge in [-0.05, 0) is 31.4 Å². The second-order valence-corrected chi connectivity index (χ2v) is 6.67. The number of rotatable bonds is 6. The third kappa shape index (κ3) is 4.15. The van der Waals surface area contributed by atoms with E-state index in [1.165, 1.54) is 0 Å². The van der Waals surface area contributed by atoms with E-state index in [1.54, 1.807) is 18.0 Å². The Kier molecular flexibility index (Phi) is 6.16. The Bertz CT molecular complexity index is 853. The van der Waals surface area contributed by atoms with Crippen molar-refractivity contribution >= 4 is 28.5 Å². The van der Waals surface area contributed by atoms with Crippen LogP contribution in [0.2, 0.25) is 0 Å². The molecule has 0 radical (unpaired) electrons. The number of nitrogens with zero attached hydrogens (tertiary/aromatic N) is 1. The van der Waals surface area contributed by atoms with Crippen LogP contribution >= 0.6 is 0 Å². The number of para-hydroxylation sites is 1. The molecule has 1 aliphatic rings. The fourth-order valence-corrected chi connectivity index (χ4v) is 3.40. The number of H-pyrrole nitrogens is 1. The Balaban J connectivity index is 1.90. The summed E-state index contributed by atoms with van der Waals surface area (Å²) < 4.78 is 5.25. The number of urea groups is 1. The minimum atomic E-state index is -0.420. The van der Waals surface area contributed by atoms with Crippen molar-refractivity contribution in [3.63, 3.8) is 0 Å². The normalized spacial score (nSPS) is 13.7. The van der Waals surface area contributed by atoms with Crippen LogP contribution in [0.3, 0.4) is 0 Å². The lowest BCUT2D eigenvalue weighted by Crippen LogP contribution is -2.38. The van der Waals surface area contributed by atoms with Crippen molar-refractivity contribution in [2.45, 2.75) is 39.5 Å². The predicted molar refractivity (Wildman–Crippen MR) is 106 cm³/mol. The van der Waals surface area contributed by atoms with Crippen LogP contribution < -0.4 is 5.32 Å². The van der Waals surface area contributed by atoms with Gasteiger partial charge in [0.15, 0.2) is 0 Å². The predicted octanol–water partition coefficient (Wildman–Crippen LogP) is 3.83. The minimum Gasteiger partial charge on any atom is -0.462 e. The highest BCUT2D eigenvalue weighted by atomic mass is 16.5. The van der Waals surface area contributed by atoms with Crippen LogP contribution in [0.25, 0.3) is 16.5 Å². The molecule has 2 amide bonds. The van der Waals surface area contributed by atoms with Gasteiger partial charge in [-0.1, -0.05) is 38.0 Å². The topological polar surface area (TPSA) is 74.4 Å². The molecule has 144 valence electrons. The number of nitrogens with one attached hydrogen (secondary N) is 2. The van der Waals surface area contributed by atoms with E-state index in [9.17, 15) is 9.59 Å². The number of aromatic amines is 1. The molecule has 1 aromatic heterocycles. The highest BCUT2D eigenvalue weighted by Crippen LogP contribution is 2.31. The molecule has 2 heterocycles. The lowest BCUT2D eigenvalue weighted by Gasteiger charge is -2.18. The van der Waals surface area contributed by atoms with Gasteiger partial charge in [0.25, 0.3) is 0 Å². The highest BCUT2D eigenvalue weighted by Gasteiger charge is 2.27. The monoisotopic (exact) mass is 369 g/mol. The number of fused-ring (bicyclic) bond motifs is 3. The lowest BCUT2D eigenvalue weighted by atomic mass is 10.0. The Morgan fingerprint density at radius 2 is 2.04 bits per heavy atom. The number of aromatic nitrogens is 1. The molecule has 0 atom stereocenters. The summed E-state index contributed by atoms with van der Waals surface area (Å²) >= 11 is 0. The average Bonchev–Trinajstić information content (AvgIpc) is 2.92. The molecule has 6 nitrogen and oxygen atoms in total. The fourth-order valence-electron chi connectivity index (χ4n) is 3.40. The molecule has 0 unspecified atom stereocenters. The van der Waals surface area contributed by atoms with Crippen LogP contribution in [0.15, 0.2) is 30.5 Å². The van der Waals surface area contributed by atoms with Crippen molar-refractivity contribution in [2.24, 2.45) is 0 Å². The zero-order valence-electron chi connectivity index (χ0n) is 16.0. The number of benzene rings is 1. The SMILES string of the molecule is CCCCCNC(=O)N1C=C(C(=O)OCC)c2[nH]c3ccccc3c2CC1. The quantitative estimate of drug-likeness (QED) is 0.600. The van der Waals surface area contributed by atoms with Crippen LogP contribution in [0.1, 0.15) is 44.4 Å². The Labute approximate surface area is 159 Å². The van der Waals surface area contributed by atoms with Gasteiger partial charge in [-0.3, -0.25) is 4.90 Å². The average molecular weight is 369 g/mol. The van der Waals surface area contributed by atoms with Gasteiger partial charge in [0.2, 0.25) is 0 Å². The van der Waals surface area contributed by atoms with Crippen LogP contribution in [0.4, 0.5) is 4.79 Å². The molecule has 6 heteroatoms. The molecule has 0 aliphatic carbocycles. The van der Waals surface area contributed by atoms with E-state index in [0.717, 1.165) is 41.4 Å². The third-order valence-corrected chi connectivity index (χ3v) is 4.78. The minimum absolute atomic E-state index is 0.178. The van der Waals surface area contributed by atoms with Crippen LogP contribution in [-0.4, -0.2) is 41.6 Å². The maximum atomic E-state index is 12.6. The van der Waals surface area contributed by atoms with Gasteiger partial charge in [0.1, 0.15) is 0 Å². The standard InChI is InChI=1S/C21H27N3O3/c1-3-5-8-12-22-21(26)24-13-11-16-15-9-6-7-10-18(15)23-19(16)17(14-24)20(25)27-4-2/h6-7,9-10,14,23H,3-5,8,11-13H2,1-2H3,(H,22,26). The molecule has 2 aromatic rings. The summed E-state index contributed by atoms with van der Waals surface area (Å²) in [5.74, 6) is -0.420. The van der Waals surface area contributed by atoms with Crippen molar-refractivity contribution < 1.29 is 14.3 Å². The molecule has 3 rings (SSSR count). The number of carbonyl (C=O) groups is 2. The molecule has 0 spiro atoms. The number of unbranched alkanes of at least 4 members (excludes halogenated alkanes) is 2. The third-order valence-electron chi connectivity index (χ3n) is 4.78. The number of hydrogen-bond acceptors (Lipinski definition) is 3. The van der Waals surface area contributed by atoms with Gasteiger partial charge in [0.05, 0.1) is 17.9 Å². The maximum absolute atomic E-state index is 12.6. The first-order valence-corrected chi connectivity index (χ1v) is 9.69. The van der Waals surface area contributed by atoms with Gasteiger partial charge >= 0.3 is 12.0 Å². The van der Waals surface area contributed by atoms with Crippen LogP contribution in [-0.2, 0) is 16.0 Å². The van der Waals surface area contributed by atoms with E-state index in [-0.39, 0.29) is 12.6 Å². The first-order valence-electron chi connectivity index (χ1n) is 9.69. The van der Waals surface area contributed by atoms with E-state index in [2.05, 4.69) is 17.2 Å². The van der Waals surface area contributed by atoms with Crippen LogP contribution in [0.5, 0.6) is 0 Å². The molecule has 0 fully saturated rings. The van der Waals surface area contributed by atoms with E-state index in [4.69, 9.17) is 4.74 Å². The van der Waals surface area contributed by atoms with E-state index in [1.807, 2.05) is 24.3 Å². The van der Waals surface area contributed by atoms with Crippen molar-refractivity contribution in [3.8, 4) is 0 Å². The first kappa shape index (κ1) is 19.0. The number of amides is 2. The Morgan fingerprint density at radius 1 is 1.22 bits per heavy atom. The summed E-state index contributed by atoms with van der Waals surface area (Å²) in [4.78, 5) is 30.1. The first-order chi connectivity index (χ1) is 13.2. The largest absolute Gasteiger partial charge is 0.462 e. The number of ether oxygens (including phenoxy) is 1. The molecule has 27 heavy (non-hydrogen) atoms. The molecular formula is C21H27N3O3. The van der Waals surface area contributed by atoms with Gasteiger partial charge in [-0.25, -0.2) is 9.59 Å². The molecule has 2 N–H and O–H groups in total. The molecule has 0 saturated carbocycles. The summed E-state index contributed by atoms with van der Waals surface area (Å²) in [7, 11) is 0. The fraction of sp³-hybridized carbons (Fsp3) is 0.429. The molecule has 1 aromatic carbocycles. The Morgan fingerprint density at radius 3 is 2.81 bits per heavy atom. The highest BCUT2D eigenvalue weighted by molar-refractivity contribution is 6.18. The lowest BCUT2D eigenvalue weighted by molar-refractivity contribution is -0.136. The van der Waals surface area contributed by atoms with Gasteiger partial charge in [-0.15, -0.1) is 0 Å². The second kappa shape index (κ2) is 8.75. The molecule has 0 bridgehead atoms. The van der Waals surface area contributed by atoms with Crippen molar-refractivity contribution in [1.82, 2.24) is 15.2 Å². The second-order valence-electron chi connectivity index (χ2n) is 6.67. The maximum Gasteiger partial charge on any atom is 0.341 e. The smallest absolute Gasteiger partial charge is 0.341 e. The van der Waals surface area contributed by atoms with Gasteiger partial charge < -0.3 is 15.0 Å². The zero-order valence-corrected chi connectivity index (χ0v) is 16.0. The number of hydrogen-bond donors (Lipinski definition) is 2. The summed E-state index contributed by atoms with van der Waals surface area (Å²) in [6.45, 7) is 5.34. The van der Waals surface area contributed by atoms with Crippen molar-refractivity contribution in [2.75, 3.05) is 19.7 Å². The zero-order chi connectivity index (χ0) is 19.2. The van der Waals surface area contributed by atoms with Crippen molar-refractivity contribution in [3.05, 3.63) is 41.7 Å². The number of carbonyl (C=O) groups excluding carboxylic acids is 2. The van der Waals surface area contributed by atoms with Gasteiger partial charge in [-0.2, -0.15) is 0 Å². The van der Waals surface area contributed by atoms with E-state index < -0.39 is 5.97 Å².